The predicted molar refractivity (Wildman–Crippen MR) is 96.8 cm³/mol. The SMILES string of the molecule is O=C(NCC(=O)N1CCCc2ccccc21)c1cc2ccccn2c1. The number of anilines is 1. The lowest BCUT2D eigenvalue weighted by Gasteiger charge is -2.29. The molecule has 0 atom stereocenters. The van der Waals surface area contributed by atoms with Crippen molar-refractivity contribution in [1.29, 1.82) is 0 Å². The quantitative estimate of drug-likeness (QED) is 0.801. The summed E-state index contributed by atoms with van der Waals surface area (Å²) in [6.45, 7) is 0.696. The van der Waals surface area contributed by atoms with Crippen LogP contribution in [0.1, 0.15) is 22.3 Å². The van der Waals surface area contributed by atoms with E-state index in [0.717, 1.165) is 24.0 Å². The number of carbonyl (C=O) groups is 2. The van der Waals surface area contributed by atoms with Gasteiger partial charge >= 0.3 is 0 Å². The molecule has 1 N–H and O–H groups in total. The standard InChI is InChI=1S/C20H19N3O2/c24-19(23-11-5-7-15-6-1-2-9-18(15)23)13-21-20(25)16-12-17-8-3-4-10-22(17)14-16/h1-4,6,8-10,12,14H,5,7,11,13H2,(H,21,25). The summed E-state index contributed by atoms with van der Waals surface area (Å²) in [6, 6.07) is 15.5. The second kappa shape index (κ2) is 6.43. The second-order valence-corrected chi connectivity index (χ2v) is 6.22. The lowest BCUT2D eigenvalue weighted by Crippen LogP contribution is -2.42. The molecule has 0 aliphatic carbocycles. The smallest absolute Gasteiger partial charge is 0.253 e. The number of para-hydroxylation sites is 1. The molecule has 4 rings (SSSR count). The summed E-state index contributed by atoms with van der Waals surface area (Å²) in [5.74, 6) is -0.313. The number of aryl methyl sites for hydroxylation is 1. The van der Waals surface area contributed by atoms with Gasteiger partial charge in [-0.2, -0.15) is 0 Å². The van der Waals surface area contributed by atoms with E-state index >= 15 is 0 Å². The second-order valence-electron chi connectivity index (χ2n) is 6.22. The molecule has 1 aliphatic rings. The fourth-order valence-corrected chi connectivity index (χ4v) is 3.33. The van der Waals surface area contributed by atoms with Gasteiger partial charge in [0.15, 0.2) is 0 Å². The molecule has 0 bridgehead atoms. The van der Waals surface area contributed by atoms with Gasteiger partial charge in [-0.1, -0.05) is 24.3 Å². The zero-order valence-corrected chi connectivity index (χ0v) is 13.8. The third-order valence-electron chi connectivity index (χ3n) is 4.58. The molecule has 0 saturated carbocycles. The van der Waals surface area contributed by atoms with E-state index in [1.165, 1.54) is 5.56 Å². The molecule has 0 fully saturated rings. The van der Waals surface area contributed by atoms with Crippen LogP contribution in [0.2, 0.25) is 0 Å². The van der Waals surface area contributed by atoms with E-state index in [1.807, 2.05) is 53.1 Å². The number of amides is 2. The Bertz CT molecular complexity index is 912. The Morgan fingerprint density at radius 3 is 2.80 bits per heavy atom. The Morgan fingerprint density at radius 2 is 1.92 bits per heavy atom. The summed E-state index contributed by atoms with van der Waals surface area (Å²) in [5, 5.41) is 2.74. The molecule has 0 radical (unpaired) electrons. The van der Waals surface area contributed by atoms with Crippen molar-refractivity contribution in [3.05, 3.63) is 72.1 Å². The maximum absolute atomic E-state index is 12.6. The number of aromatic nitrogens is 1. The van der Waals surface area contributed by atoms with Crippen LogP contribution in [0, 0.1) is 0 Å². The minimum atomic E-state index is -0.234. The molecule has 126 valence electrons. The molecule has 2 amide bonds. The van der Waals surface area contributed by atoms with Crippen LogP contribution in [0.4, 0.5) is 5.69 Å². The number of hydrogen-bond donors (Lipinski definition) is 1. The number of hydrogen-bond acceptors (Lipinski definition) is 2. The minimum absolute atomic E-state index is 0.000635. The third-order valence-corrected chi connectivity index (χ3v) is 4.58. The number of nitrogens with zero attached hydrogens (tertiary/aromatic N) is 2. The van der Waals surface area contributed by atoms with Gasteiger partial charge in [-0.25, -0.2) is 0 Å². The Morgan fingerprint density at radius 1 is 1.08 bits per heavy atom. The van der Waals surface area contributed by atoms with Gasteiger partial charge in [0.1, 0.15) is 0 Å². The van der Waals surface area contributed by atoms with E-state index in [4.69, 9.17) is 0 Å². The highest BCUT2D eigenvalue weighted by molar-refractivity contribution is 6.01. The van der Waals surface area contributed by atoms with Crippen LogP contribution in [0.5, 0.6) is 0 Å². The molecular formula is C20H19N3O2. The average molecular weight is 333 g/mol. The fourth-order valence-electron chi connectivity index (χ4n) is 3.33. The summed E-state index contributed by atoms with van der Waals surface area (Å²) >= 11 is 0. The highest BCUT2D eigenvalue weighted by Crippen LogP contribution is 2.26. The van der Waals surface area contributed by atoms with Crippen molar-refractivity contribution in [1.82, 2.24) is 9.72 Å². The zero-order valence-electron chi connectivity index (χ0n) is 13.8. The summed E-state index contributed by atoms with van der Waals surface area (Å²) in [7, 11) is 0. The lowest BCUT2D eigenvalue weighted by atomic mass is 10.0. The highest BCUT2D eigenvalue weighted by Gasteiger charge is 2.22. The first kappa shape index (κ1) is 15.4. The Kier molecular flexibility index (Phi) is 3.98. The lowest BCUT2D eigenvalue weighted by molar-refractivity contribution is -0.117. The van der Waals surface area contributed by atoms with E-state index in [1.54, 1.807) is 11.1 Å². The van der Waals surface area contributed by atoms with E-state index in [9.17, 15) is 9.59 Å². The number of fused-ring (bicyclic) bond motifs is 2. The molecule has 1 aromatic carbocycles. The molecule has 25 heavy (non-hydrogen) atoms. The molecule has 3 aromatic rings. The number of pyridine rings is 1. The number of rotatable bonds is 3. The molecule has 3 heterocycles. The van der Waals surface area contributed by atoms with Gasteiger partial charge in [0.25, 0.3) is 5.91 Å². The Labute approximate surface area is 145 Å². The molecule has 2 aromatic heterocycles. The molecule has 0 unspecified atom stereocenters. The van der Waals surface area contributed by atoms with Crippen molar-refractivity contribution in [3.8, 4) is 0 Å². The first-order valence-electron chi connectivity index (χ1n) is 8.45. The minimum Gasteiger partial charge on any atom is -0.343 e. The topological polar surface area (TPSA) is 53.8 Å². The van der Waals surface area contributed by atoms with Crippen molar-refractivity contribution < 1.29 is 9.59 Å². The molecule has 0 spiro atoms. The van der Waals surface area contributed by atoms with Gasteiger partial charge in [-0.3, -0.25) is 9.59 Å². The van der Waals surface area contributed by atoms with Crippen LogP contribution in [-0.2, 0) is 11.2 Å². The van der Waals surface area contributed by atoms with E-state index in [-0.39, 0.29) is 18.4 Å². The van der Waals surface area contributed by atoms with Gasteiger partial charge in [-0.15, -0.1) is 0 Å². The van der Waals surface area contributed by atoms with Gasteiger partial charge in [0.05, 0.1) is 12.1 Å². The van der Waals surface area contributed by atoms with Crippen LogP contribution in [0.15, 0.2) is 60.9 Å². The van der Waals surface area contributed by atoms with Gasteiger partial charge in [0, 0.05) is 30.1 Å². The summed E-state index contributed by atoms with van der Waals surface area (Å²) in [6.07, 6.45) is 5.60. The van der Waals surface area contributed by atoms with Gasteiger partial charge in [-0.05, 0) is 42.7 Å². The van der Waals surface area contributed by atoms with E-state index in [2.05, 4.69) is 11.4 Å². The summed E-state index contributed by atoms with van der Waals surface area (Å²) in [5.41, 5.74) is 3.65. The van der Waals surface area contributed by atoms with Crippen molar-refractivity contribution in [2.75, 3.05) is 18.0 Å². The average Bonchev–Trinajstić information content (AvgIpc) is 3.09. The largest absolute Gasteiger partial charge is 0.343 e. The van der Waals surface area contributed by atoms with Gasteiger partial charge in [0.2, 0.25) is 5.91 Å². The molecule has 5 nitrogen and oxygen atoms in total. The van der Waals surface area contributed by atoms with Crippen molar-refractivity contribution in [2.45, 2.75) is 12.8 Å². The molecule has 5 heteroatoms. The Hall–Kier alpha value is -3.08. The van der Waals surface area contributed by atoms with Crippen LogP contribution in [-0.4, -0.2) is 29.3 Å². The van der Waals surface area contributed by atoms with Crippen LogP contribution >= 0.6 is 0 Å². The van der Waals surface area contributed by atoms with Crippen molar-refractivity contribution >= 4 is 23.0 Å². The number of carbonyl (C=O) groups excluding carboxylic acids is 2. The third kappa shape index (κ3) is 3.01. The monoisotopic (exact) mass is 333 g/mol. The fraction of sp³-hybridized carbons (Fsp3) is 0.200. The first-order chi connectivity index (χ1) is 12.2. The van der Waals surface area contributed by atoms with Crippen LogP contribution in [0.3, 0.4) is 0 Å². The maximum atomic E-state index is 12.6. The van der Waals surface area contributed by atoms with Crippen LogP contribution in [0.25, 0.3) is 5.52 Å². The highest BCUT2D eigenvalue weighted by atomic mass is 16.2. The van der Waals surface area contributed by atoms with E-state index < -0.39 is 0 Å². The van der Waals surface area contributed by atoms with Crippen molar-refractivity contribution in [3.63, 3.8) is 0 Å². The zero-order chi connectivity index (χ0) is 17.2. The summed E-state index contributed by atoms with van der Waals surface area (Å²) < 4.78 is 1.89. The van der Waals surface area contributed by atoms with Crippen LogP contribution < -0.4 is 10.2 Å². The first-order valence-corrected chi connectivity index (χ1v) is 8.45. The maximum Gasteiger partial charge on any atom is 0.253 e. The van der Waals surface area contributed by atoms with Crippen molar-refractivity contribution in [2.24, 2.45) is 0 Å². The molecule has 0 saturated heterocycles. The molecular weight excluding hydrogens is 314 g/mol. The summed E-state index contributed by atoms with van der Waals surface area (Å²) in [4.78, 5) is 26.7. The normalized spacial score (nSPS) is 13.5. The van der Waals surface area contributed by atoms with Gasteiger partial charge < -0.3 is 14.6 Å². The predicted octanol–water partition coefficient (Wildman–Crippen LogP) is 2.65. The Balaban J connectivity index is 1.44. The molecule has 1 aliphatic heterocycles. The van der Waals surface area contributed by atoms with E-state index in [0.29, 0.717) is 12.1 Å². The number of benzene rings is 1. The number of nitrogens with one attached hydrogen (secondary N) is 1.